The average Bonchev–Trinajstić information content (AvgIpc) is 3.01. The van der Waals surface area contributed by atoms with Crippen LogP contribution in [0.25, 0.3) is 22.6 Å². The minimum Gasteiger partial charge on any atom is -0.506 e. The van der Waals surface area contributed by atoms with Crippen molar-refractivity contribution >= 4 is 35.0 Å². The summed E-state index contributed by atoms with van der Waals surface area (Å²) in [6.45, 7) is 3.04. The van der Waals surface area contributed by atoms with Crippen molar-refractivity contribution in [2.45, 2.75) is 50.1 Å². The van der Waals surface area contributed by atoms with Gasteiger partial charge in [0.2, 0.25) is 0 Å². The highest BCUT2D eigenvalue weighted by atomic mass is 16.6. The smallest absolute Gasteiger partial charge is 0.358 e. The first-order valence-corrected chi connectivity index (χ1v) is 14.3. The molecule has 6 rings (SSSR count). The zero-order valence-corrected chi connectivity index (χ0v) is 25.0. The van der Waals surface area contributed by atoms with Gasteiger partial charge in [-0.3, -0.25) is 9.59 Å². The first kappa shape index (κ1) is 30.9. The standard InChI is InChI=1S/C32H30O14/c1-11-9-15(33)21-25(37)19-17(45-31(21,27(11)39)29(41)43-3)7-5-13(23(19)35)14-6-8-18-20(24(14)36)26(38)22-16(34)10-12(2)28(40)32(22,46-18)30(42)44-4/h5-8,11-12,27-28,35-40H,9-10H2,1-4H3/t11-,12-,27+,28+,31+,32+/m0/s1. The fourth-order valence-corrected chi connectivity index (χ4v) is 7.00. The van der Waals surface area contributed by atoms with Crippen LogP contribution in [0.4, 0.5) is 0 Å². The van der Waals surface area contributed by atoms with E-state index in [0.717, 1.165) is 14.2 Å². The number of hydrogen-bond donors (Lipinski definition) is 6. The van der Waals surface area contributed by atoms with Gasteiger partial charge < -0.3 is 49.6 Å². The number of Topliss-reactive ketones (excluding diaryl/α,β-unsaturated/α-hetero) is 2. The fourth-order valence-electron chi connectivity index (χ4n) is 7.00. The van der Waals surface area contributed by atoms with Gasteiger partial charge in [0.05, 0.1) is 25.4 Å². The highest BCUT2D eigenvalue weighted by molar-refractivity contribution is 6.14. The van der Waals surface area contributed by atoms with Gasteiger partial charge in [-0.05, 0) is 36.1 Å². The molecule has 0 aromatic heterocycles. The van der Waals surface area contributed by atoms with E-state index in [9.17, 15) is 49.8 Å². The number of ether oxygens (including phenoxy) is 4. The van der Waals surface area contributed by atoms with E-state index in [4.69, 9.17) is 18.9 Å². The highest BCUT2D eigenvalue weighted by Gasteiger charge is 2.64. The molecule has 4 aliphatic rings. The van der Waals surface area contributed by atoms with Crippen molar-refractivity contribution in [2.24, 2.45) is 11.8 Å². The summed E-state index contributed by atoms with van der Waals surface area (Å²) in [6, 6.07) is 4.92. The Bertz CT molecular complexity index is 1690. The van der Waals surface area contributed by atoms with E-state index >= 15 is 0 Å². The summed E-state index contributed by atoms with van der Waals surface area (Å²) in [7, 11) is 2.04. The van der Waals surface area contributed by atoms with Crippen LogP contribution in [0.2, 0.25) is 0 Å². The third-order valence-electron chi connectivity index (χ3n) is 9.26. The van der Waals surface area contributed by atoms with E-state index in [2.05, 4.69) is 0 Å². The van der Waals surface area contributed by atoms with Gasteiger partial charge in [0, 0.05) is 24.0 Å². The highest BCUT2D eigenvalue weighted by Crippen LogP contribution is 2.55. The Labute approximate surface area is 260 Å². The molecule has 14 heteroatoms. The summed E-state index contributed by atoms with van der Waals surface area (Å²) in [6.07, 6.45) is -3.72. The Morgan fingerprint density at radius 1 is 0.696 bits per heavy atom. The molecular formula is C32H30O14. The van der Waals surface area contributed by atoms with Gasteiger partial charge in [0.1, 0.15) is 57.9 Å². The third kappa shape index (κ3) is 3.70. The number of phenolic OH excluding ortho intramolecular Hbond substituents is 2. The second-order valence-electron chi connectivity index (χ2n) is 11.9. The maximum atomic E-state index is 13.2. The molecule has 242 valence electrons. The molecule has 6 atom stereocenters. The number of rotatable bonds is 3. The summed E-state index contributed by atoms with van der Waals surface area (Å²) < 4.78 is 21.5. The van der Waals surface area contributed by atoms with Crippen molar-refractivity contribution in [3.8, 4) is 34.1 Å². The second-order valence-corrected chi connectivity index (χ2v) is 11.9. The van der Waals surface area contributed by atoms with Crippen molar-refractivity contribution in [3.05, 3.63) is 46.5 Å². The van der Waals surface area contributed by atoms with E-state index < -0.39 is 104 Å². The predicted octanol–water partition coefficient (Wildman–Crippen LogP) is 1.85. The molecule has 2 aromatic carbocycles. The number of methoxy groups -OCH3 is 2. The number of esters is 2. The Balaban J connectivity index is 1.55. The topological polar surface area (TPSA) is 227 Å². The van der Waals surface area contributed by atoms with E-state index in [-0.39, 0.29) is 35.5 Å². The molecule has 6 N–H and O–H groups in total. The van der Waals surface area contributed by atoms with Crippen molar-refractivity contribution in [1.82, 2.24) is 0 Å². The molecule has 2 fully saturated rings. The fraction of sp³-hybridized carbons (Fsp3) is 0.375. The van der Waals surface area contributed by atoms with Crippen molar-refractivity contribution in [1.29, 1.82) is 0 Å². The maximum absolute atomic E-state index is 13.2. The van der Waals surface area contributed by atoms with E-state index in [0.29, 0.717) is 0 Å². The van der Waals surface area contributed by atoms with Crippen LogP contribution in [0.15, 0.2) is 35.4 Å². The largest absolute Gasteiger partial charge is 0.506 e. The van der Waals surface area contributed by atoms with Crippen LogP contribution in [-0.2, 0) is 28.7 Å². The zero-order valence-electron chi connectivity index (χ0n) is 25.0. The molecule has 2 saturated carbocycles. The molecule has 0 bridgehead atoms. The number of benzene rings is 2. The first-order valence-electron chi connectivity index (χ1n) is 14.3. The quantitative estimate of drug-likeness (QED) is 0.264. The minimum absolute atomic E-state index is 0.163. The molecule has 2 aromatic rings. The van der Waals surface area contributed by atoms with E-state index in [1.165, 1.54) is 38.1 Å². The number of fused-ring (bicyclic) bond motifs is 4. The average molecular weight is 639 g/mol. The van der Waals surface area contributed by atoms with Crippen LogP contribution in [0.3, 0.4) is 0 Å². The second kappa shape index (κ2) is 10.2. The van der Waals surface area contributed by atoms with Crippen LogP contribution < -0.4 is 9.47 Å². The monoisotopic (exact) mass is 638 g/mol. The van der Waals surface area contributed by atoms with Crippen LogP contribution in [0.5, 0.6) is 23.0 Å². The molecule has 0 saturated heterocycles. The minimum atomic E-state index is -2.42. The predicted molar refractivity (Wildman–Crippen MR) is 155 cm³/mol. The summed E-state index contributed by atoms with van der Waals surface area (Å²) in [5, 5.41) is 67.7. The molecular weight excluding hydrogens is 608 g/mol. The van der Waals surface area contributed by atoms with Gasteiger partial charge in [-0.15, -0.1) is 0 Å². The van der Waals surface area contributed by atoms with Gasteiger partial charge in [0.25, 0.3) is 11.2 Å². The Morgan fingerprint density at radius 2 is 1.04 bits per heavy atom. The Hall–Kier alpha value is -5.08. The maximum Gasteiger partial charge on any atom is 0.358 e. The number of aliphatic hydroxyl groups is 4. The lowest BCUT2D eigenvalue weighted by Crippen LogP contribution is -2.64. The van der Waals surface area contributed by atoms with E-state index in [1.54, 1.807) is 0 Å². The summed E-state index contributed by atoms with van der Waals surface area (Å²) in [4.78, 5) is 52.3. The van der Waals surface area contributed by atoms with Gasteiger partial charge in [-0.1, -0.05) is 13.8 Å². The van der Waals surface area contributed by atoms with E-state index in [1.807, 2.05) is 0 Å². The number of carbonyl (C=O) groups is 4. The molecule has 2 aliphatic heterocycles. The zero-order chi connectivity index (χ0) is 33.6. The molecule has 0 spiro atoms. The molecule has 2 aliphatic carbocycles. The third-order valence-corrected chi connectivity index (χ3v) is 9.26. The van der Waals surface area contributed by atoms with Gasteiger partial charge >= 0.3 is 11.9 Å². The number of phenols is 2. The lowest BCUT2D eigenvalue weighted by Gasteiger charge is -2.45. The first-order chi connectivity index (χ1) is 21.7. The van der Waals surface area contributed by atoms with Crippen molar-refractivity contribution in [3.63, 3.8) is 0 Å². The van der Waals surface area contributed by atoms with Gasteiger partial charge in [-0.2, -0.15) is 0 Å². The number of ketones is 2. The molecule has 2 heterocycles. The van der Waals surface area contributed by atoms with Crippen LogP contribution in [0, 0.1) is 11.8 Å². The summed E-state index contributed by atoms with van der Waals surface area (Å²) >= 11 is 0. The number of carbonyl (C=O) groups excluding carboxylic acids is 4. The SMILES string of the molecule is COC(=O)[C@@]12Oc3ccc(-c4ccc5c(c4O)C(O)=C4C(=O)C[C@H](C)[C@@H](O)[C@]4(C(=O)OC)O5)c(O)c3C(O)=C1C(=O)C[C@H](C)[C@H]2O. The summed E-state index contributed by atoms with van der Waals surface area (Å²) in [5.41, 5.74) is -7.25. The summed E-state index contributed by atoms with van der Waals surface area (Å²) in [5.74, 6) is -9.01. The Kier molecular flexibility index (Phi) is 6.87. The van der Waals surface area contributed by atoms with Gasteiger partial charge in [-0.25, -0.2) is 9.59 Å². The Morgan fingerprint density at radius 3 is 1.37 bits per heavy atom. The van der Waals surface area contributed by atoms with Crippen LogP contribution in [0.1, 0.15) is 37.8 Å². The van der Waals surface area contributed by atoms with Gasteiger partial charge in [0.15, 0.2) is 11.6 Å². The number of aromatic hydroxyl groups is 2. The van der Waals surface area contributed by atoms with Crippen LogP contribution >= 0.6 is 0 Å². The molecule has 0 unspecified atom stereocenters. The number of aliphatic hydroxyl groups excluding tert-OH is 4. The molecule has 14 nitrogen and oxygen atoms in total. The molecule has 46 heavy (non-hydrogen) atoms. The van der Waals surface area contributed by atoms with Crippen molar-refractivity contribution < 1.29 is 68.8 Å². The van der Waals surface area contributed by atoms with Crippen molar-refractivity contribution in [2.75, 3.05) is 14.2 Å². The van der Waals surface area contributed by atoms with Crippen LogP contribution in [-0.4, -0.2) is 91.8 Å². The number of hydrogen-bond acceptors (Lipinski definition) is 14. The lowest BCUT2D eigenvalue weighted by atomic mass is 9.69. The lowest BCUT2D eigenvalue weighted by molar-refractivity contribution is -0.173. The normalized spacial score (nSPS) is 29.9. The molecule has 0 radical (unpaired) electrons. The molecule has 0 amide bonds.